The van der Waals surface area contributed by atoms with Crippen molar-refractivity contribution in [1.82, 2.24) is 25.5 Å². The fourth-order valence-corrected chi connectivity index (χ4v) is 4.44. The molecule has 0 saturated heterocycles. The maximum absolute atomic E-state index is 12.3. The first-order valence-corrected chi connectivity index (χ1v) is 10.9. The maximum atomic E-state index is 12.3. The quantitative estimate of drug-likeness (QED) is 0.281. The number of ether oxygens (including phenoxy) is 1. The molecule has 5 rings (SSSR count). The van der Waals surface area contributed by atoms with Crippen molar-refractivity contribution in [1.29, 1.82) is 0 Å². The van der Waals surface area contributed by atoms with E-state index in [9.17, 15) is 15.0 Å². The van der Waals surface area contributed by atoms with Gasteiger partial charge in [0.25, 0.3) is 0 Å². The summed E-state index contributed by atoms with van der Waals surface area (Å²) in [7, 11) is 0. The van der Waals surface area contributed by atoms with Crippen molar-refractivity contribution >= 4 is 22.9 Å². The van der Waals surface area contributed by atoms with Gasteiger partial charge in [-0.25, -0.2) is 14.8 Å². The maximum Gasteiger partial charge on any atom is 0.407 e. The number of carbonyl (C=O) groups excluding carboxylic acids is 1. The lowest BCUT2D eigenvalue weighted by Gasteiger charge is -2.18. The number of carbonyl (C=O) groups is 1. The van der Waals surface area contributed by atoms with Crippen LogP contribution in [0.15, 0.2) is 54.9 Å². The normalized spacial score (nSPS) is 14.4. The van der Waals surface area contributed by atoms with Gasteiger partial charge in [-0.1, -0.05) is 48.5 Å². The molecule has 1 aliphatic carbocycles. The Hall–Kier alpha value is -4.02. The molecule has 10 heteroatoms. The van der Waals surface area contributed by atoms with E-state index in [-0.39, 0.29) is 37.0 Å². The molecule has 10 nitrogen and oxygen atoms in total. The summed E-state index contributed by atoms with van der Waals surface area (Å²) < 4.78 is 5.48. The van der Waals surface area contributed by atoms with Crippen LogP contribution in [0, 0.1) is 0 Å². The van der Waals surface area contributed by atoms with Gasteiger partial charge < -0.3 is 26.0 Å². The number of aliphatic hydroxyl groups excluding tert-OH is 2. The van der Waals surface area contributed by atoms with Crippen LogP contribution in [-0.4, -0.2) is 55.7 Å². The van der Waals surface area contributed by atoms with Gasteiger partial charge in [-0.15, -0.1) is 0 Å². The second-order valence-corrected chi connectivity index (χ2v) is 8.15. The van der Waals surface area contributed by atoms with Gasteiger partial charge in [-0.3, -0.25) is 5.10 Å². The fourth-order valence-electron chi connectivity index (χ4n) is 4.44. The molecule has 0 bridgehead atoms. The average molecular weight is 460 g/mol. The first-order valence-electron chi connectivity index (χ1n) is 10.9. The second kappa shape index (κ2) is 9.08. The molecular formula is C24H24N6O4. The van der Waals surface area contributed by atoms with Crippen LogP contribution in [0.3, 0.4) is 0 Å². The molecule has 0 aliphatic heterocycles. The highest BCUT2D eigenvalue weighted by Crippen LogP contribution is 2.44. The zero-order valence-corrected chi connectivity index (χ0v) is 18.2. The van der Waals surface area contributed by atoms with Crippen molar-refractivity contribution in [2.75, 3.05) is 18.9 Å². The summed E-state index contributed by atoms with van der Waals surface area (Å²) in [5.74, 6) is 0.115. The molecule has 0 radical (unpaired) electrons. The van der Waals surface area contributed by atoms with Gasteiger partial charge in [-0.05, 0) is 28.7 Å². The molecule has 2 heterocycles. The fraction of sp³-hybridized carbons (Fsp3) is 0.250. The summed E-state index contributed by atoms with van der Waals surface area (Å²) in [5.41, 5.74) is 10.9. The largest absolute Gasteiger partial charge is 0.449 e. The molecule has 6 N–H and O–H groups in total. The molecule has 0 spiro atoms. The van der Waals surface area contributed by atoms with Gasteiger partial charge in [0, 0.05) is 12.5 Å². The molecule has 0 fully saturated rings. The summed E-state index contributed by atoms with van der Waals surface area (Å²) in [6.07, 6.45) is -1.73. The van der Waals surface area contributed by atoms with Crippen LogP contribution in [-0.2, 0) is 4.74 Å². The van der Waals surface area contributed by atoms with Crippen LogP contribution in [0.2, 0.25) is 0 Å². The van der Waals surface area contributed by atoms with Crippen molar-refractivity contribution in [3.8, 4) is 11.1 Å². The first kappa shape index (κ1) is 21.8. The van der Waals surface area contributed by atoms with E-state index in [1.165, 1.54) is 6.33 Å². The number of amides is 1. The number of nitrogen functional groups attached to an aromatic ring is 1. The number of aromatic nitrogens is 4. The highest BCUT2D eigenvalue weighted by Gasteiger charge is 2.29. The number of rotatable bonds is 7. The van der Waals surface area contributed by atoms with E-state index in [0.717, 1.165) is 22.3 Å². The molecule has 34 heavy (non-hydrogen) atoms. The third kappa shape index (κ3) is 3.93. The molecule has 0 saturated carbocycles. The molecule has 4 aromatic rings. The van der Waals surface area contributed by atoms with E-state index in [1.54, 1.807) is 0 Å². The Morgan fingerprint density at radius 1 is 1.09 bits per heavy atom. The summed E-state index contributed by atoms with van der Waals surface area (Å²) in [6.45, 7) is 0.303. The Labute approximate surface area is 194 Å². The zero-order valence-electron chi connectivity index (χ0n) is 18.2. The minimum atomic E-state index is -1.30. The smallest absolute Gasteiger partial charge is 0.407 e. The molecule has 2 aromatic carbocycles. The number of aliphatic hydroxyl groups is 2. The topological polar surface area (TPSA) is 159 Å². The zero-order chi connectivity index (χ0) is 23.7. The lowest BCUT2D eigenvalue weighted by molar-refractivity contribution is 0.0120. The molecule has 2 atom stereocenters. The predicted octanol–water partition coefficient (Wildman–Crippen LogP) is 2.26. The molecular weight excluding hydrogens is 436 g/mol. The Morgan fingerprint density at radius 2 is 1.76 bits per heavy atom. The Kier molecular flexibility index (Phi) is 5.83. The van der Waals surface area contributed by atoms with Crippen LogP contribution in [0.5, 0.6) is 0 Å². The number of hydrogen-bond donors (Lipinski definition) is 5. The Bertz CT molecular complexity index is 1290. The monoisotopic (exact) mass is 460 g/mol. The number of aromatic amines is 1. The number of nitrogens with one attached hydrogen (secondary N) is 2. The van der Waals surface area contributed by atoms with E-state index >= 15 is 0 Å². The van der Waals surface area contributed by atoms with Crippen molar-refractivity contribution in [3.63, 3.8) is 0 Å². The minimum Gasteiger partial charge on any atom is -0.449 e. The lowest BCUT2D eigenvalue weighted by atomic mass is 9.98. The van der Waals surface area contributed by atoms with E-state index < -0.39 is 18.3 Å². The number of nitrogens with zero attached hydrogens (tertiary/aromatic N) is 3. The number of benzene rings is 2. The average Bonchev–Trinajstić information content (AvgIpc) is 3.43. The number of fused-ring (bicyclic) bond motifs is 4. The number of anilines is 1. The van der Waals surface area contributed by atoms with E-state index in [1.807, 2.05) is 24.3 Å². The predicted molar refractivity (Wildman–Crippen MR) is 125 cm³/mol. The number of H-pyrrole nitrogens is 1. The molecule has 2 aromatic heterocycles. The van der Waals surface area contributed by atoms with E-state index in [4.69, 9.17) is 10.5 Å². The molecule has 174 valence electrons. The summed E-state index contributed by atoms with van der Waals surface area (Å²) >= 11 is 0. The van der Waals surface area contributed by atoms with Crippen LogP contribution in [0.1, 0.15) is 35.3 Å². The van der Waals surface area contributed by atoms with Crippen molar-refractivity contribution in [2.24, 2.45) is 0 Å². The highest BCUT2D eigenvalue weighted by molar-refractivity contribution is 5.87. The van der Waals surface area contributed by atoms with Gasteiger partial charge >= 0.3 is 6.09 Å². The van der Waals surface area contributed by atoms with Gasteiger partial charge in [0.1, 0.15) is 24.9 Å². The van der Waals surface area contributed by atoms with Crippen molar-refractivity contribution < 1.29 is 19.7 Å². The standard InChI is InChI=1S/C24H24N6O4/c25-22-19-20(29-30-23(19)28-12-27-22)21(32)18(31)9-10-26-24(33)34-11-17-15-7-3-1-5-13(15)14-6-2-4-8-16(14)17/h1-8,12,17-18,21,31-32H,9-11H2,(H,26,33)(H3,25,27,28,29,30). The van der Waals surface area contributed by atoms with Crippen LogP contribution >= 0.6 is 0 Å². The van der Waals surface area contributed by atoms with Gasteiger partial charge in [-0.2, -0.15) is 5.10 Å². The lowest BCUT2D eigenvalue weighted by Crippen LogP contribution is -2.30. The van der Waals surface area contributed by atoms with Gasteiger partial charge in [0.15, 0.2) is 5.65 Å². The van der Waals surface area contributed by atoms with Gasteiger partial charge in [0.2, 0.25) is 0 Å². The summed E-state index contributed by atoms with van der Waals surface area (Å²) in [5, 5.41) is 30.5. The minimum absolute atomic E-state index is 0.0353. The third-order valence-corrected chi connectivity index (χ3v) is 6.12. The second-order valence-electron chi connectivity index (χ2n) is 8.15. The van der Waals surface area contributed by atoms with E-state index in [0.29, 0.717) is 11.0 Å². The van der Waals surface area contributed by atoms with Crippen LogP contribution in [0.4, 0.5) is 10.6 Å². The van der Waals surface area contributed by atoms with E-state index in [2.05, 4.69) is 49.7 Å². The highest BCUT2D eigenvalue weighted by atomic mass is 16.5. The Balaban J connectivity index is 1.15. The SMILES string of the molecule is Nc1ncnc2n[nH]c(C(O)C(O)CCNC(=O)OCC3c4ccccc4-c4ccccc43)c12. The Morgan fingerprint density at radius 3 is 2.47 bits per heavy atom. The van der Waals surface area contributed by atoms with Crippen molar-refractivity contribution in [2.45, 2.75) is 24.5 Å². The van der Waals surface area contributed by atoms with Crippen LogP contribution < -0.4 is 11.1 Å². The van der Waals surface area contributed by atoms with Crippen LogP contribution in [0.25, 0.3) is 22.2 Å². The first-order chi connectivity index (χ1) is 16.5. The third-order valence-electron chi connectivity index (χ3n) is 6.12. The number of hydrogen-bond acceptors (Lipinski definition) is 8. The summed E-state index contributed by atoms with van der Waals surface area (Å²) in [6, 6.07) is 16.2. The van der Waals surface area contributed by atoms with Crippen molar-refractivity contribution in [3.05, 3.63) is 71.7 Å². The van der Waals surface area contributed by atoms with Gasteiger partial charge in [0.05, 0.1) is 17.2 Å². The molecule has 1 aliphatic rings. The molecule has 2 unspecified atom stereocenters. The number of alkyl carbamates (subject to hydrolysis) is 1. The summed E-state index contributed by atoms with van der Waals surface area (Å²) in [4.78, 5) is 20.2. The molecule has 1 amide bonds. The number of nitrogens with two attached hydrogens (primary N) is 1.